The molecule has 0 radical (unpaired) electrons. The monoisotopic (exact) mass is 282 g/mol. The molecule has 0 unspecified atom stereocenters. The van der Waals surface area contributed by atoms with E-state index in [1.807, 2.05) is 19.2 Å². The van der Waals surface area contributed by atoms with E-state index in [1.54, 1.807) is 12.3 Å². The van der Waals surface area contributed by atoms with E-state index >= 15 is 0 Å². The van der Waals surface area contributed by atoms with Crippen molar-refractivity contribution in [3.63, 3.8) is 0 Å². The lowest BCUT2D eigenvalue weighted by atomic mass is 10.2. The van der Waals surface area contributed by atoms with Gasteiger partial charge < -0.3 is 8.84 Å². The molecule has 0 aliphatic heterocycles. The minimum Gasteiger partial charge on any atom is -0.545 e. The van der Waals surface area contributed by atoms with Crippen molar-refractivity contribution in [3.05, 3.63) is 24.2 Å². The minimum absolute atomic E-state index is 0.224. The standard InChI is InChI=1S/C13H19FO2Si2/c1-17(2)16-10-8-9-6-7-15-12(9)13(11(10)14)18(3,4)5/h6-8,17H,1-5H3. The molecule has 0 aliphatic carbocycles. The van der Waals surface area contributed by atoms with Crippen LogP contribution in [0.1, 0.15) is 0 Å². The van der Waals surface area contributed by atoms with Crippen LogP contribution in [0.4, 0.5) is 4.39 Å². The summed E-state index contributed by atoms with van der Waals surface area (Å²) in [4.78, 5) is 0. The number of halogens is 1. The van der Waals surface area contributed by atoms with E-state index < -0.39 is 17.1 Å². The summed E-state index contributed by atoms with van der Waals surface area (Å²) in [6.07, 6.45) is 1.62. The molecule has 1 aromatic heterocycles. The van der Waals surface area contributed by atoms with Crippen molar-refractivity contribution in [1.82, 2.24) is 0 Å². The van der Waals surface area contributed by atoms with Gasteiger partial charge in [0.2, 0.25) is 9.04 Å². The van der Waals surface area contributed by atoms with Crippen molar-refractivity contribution < 1.29 is 13.2 Å². The fraction of sp³-hybridized carbons (Fsp3) is 0.385. The van der Waals surface area contributed by atoms with Gasteiger partial charge in [-0.1, -0.05) is 19.6 Å². The van der Waals surface area contributed by atoms with Crippen LogP contribution in [-0.4, -0.2) is 17.1 Å². The molecule has 0 spiro atoms. The van der Waals surface area contributed by atoms with Gasteiger partial charge in [-0.2, -0.15) is 0 Å². The van der Waals surface area contributed by atoms with Gasteiger partial charge in [-0.05, 0) is 25.2 Å². The van der Waals surface area contributed by atoms with Crippen LogP contribution in [0, 0.1) is 5.82 Å². The molecule has 2 nitrogen and oxygen atoms in total. The Bertz CT molecular complexity index is 570. The van der Waals surface area contributed by atoms with Gasteiger partial charge in [0.05, 0.1) is 14.3 Å². The van der Waals surface area contributed by atoms with Crippen molar-refractivity contribution in [2.24, 2.45) is 0 Å². The van der Waals surface area contributed by atoms with Gasteiger partial charge in [-0.3, -0.25) is 0 Å². The van der Waals surface area contributed by atoms with Gasteiger partial charge in [-0.25, -0.2) is 4.39 Å². The smallest absolute Gasteiger partial charge is 0.229 e. The average molecular weight is 282 g/mol. The van der Waals surface area contributed by atoms with Crippen LogP contribution < -0.4 is 9.61 Å². The van der Waals surface area contributed by atoms with Crippen LogP contribution >= 0.6 is 0 Å². The van der Waals surface area contributed by atoms with Crippen molar-refractivity contribution >= 4 is 33.3 Å². The molecular weight excluding hydrogens is 263 g/mol. The molecule has 1 heterocycles. The fourth-order valence-corrected chi connectivity index (χ4v) is 4.42. The zero-order valence-corrected chi connectivity index (χ0v) is 13.7. The highest BCUT2D eigenvalue weighted by molar-refractivity contribution is 6.90. The average Bonchev–Trinajstić information content (AvgIpc) is 2.62. The first-order valence-electron chi connectivity index (χ1n) is 6.17. The predicted molar refractivity (Wildman–Crippen MR) is 78.7 cm³/mol. The topological polar surface area (TPSA) is 22.4 Å². The zero-order valence-electron chi connectivity index (χ0n) is 11.5. The van der Waals surface area contributed by atoms with Gasteiger partial charge in [0.25, 0.3) is 0 Å². The van der Waals surface area contributed by atoms with Crippen molar-refractivity contribution in [2.75, 3.05) is 0 Å². The second-order valence-electron chi connectivity index (χ2n) is 5.82. The summed E-state index contributed by atoms with van der Waals surface area (Å²) in [5, 5.41) is 1.66. The van der Waals surface area contributed by atoms with Gasteiger partial charge in [0, 0.05) is 10.6 Å². The number of furan rings is 1. The molecule has 0 fully saturated rings. The Hall–Kier alpha value is -1.08. The van der Waals surface area contributed by atoms with E-state index in [1.165, 1.54) is 0 Å². The molecule has 0 atom stereocenters. The van der Waals surface area contributed by atoms with E-state index in [9.17, 15) is 4.39 Å². The molecule has 1 aromatic carbocycles. The number of fused-ring (bicyclic) bond motifs is 1. The van der Waals surface area contributed by atoms with Crippen molar-refractivity contribution in [2.45, 2.75) is 32.7 Å². The molecule has 0 bridgehead atoms. The normalized spacial score (nSPS) is 12.4. The Morgan fingerprint density at radius 1 is 1.28 bits per heavy atom. The second kappa shape index (κ2) is 4.55. The molecule has 5 heteroatoms. The van der Waals surface area contributed by atoms with Crippen molar-refractivity contribution in [1.29, 1.82) is 0 Å². The van der Waals surface area contributed by atoms with E-state index in [2.05, 4.69) is 19.6 Å². The van der Waals surface area contributed by atoms with Crippen LogP contribution in [-0.2, 0) is 0 Å². The molecule has 2 rings (SSSR count). The maximum atomic E-state index is 14.6. The largest absolute Gasteiger partial charge is 0.545 e. The first-order chi connectivity index (χ1) is 8.30. The third kappa shape index (κ3) is 2.37. The lowest BCUT2D eigenvalue weighted by Gasteiger charge is -2.20. The van der Waals surface area contributed by atoms with Crippen LogP contribution in [0.25, 0.3) is 11.0 Å². The zero-order chi connectivity index (χ0) is 13.5. The molecule has 0 aliphatic rings. The number of hydrogen-bond acceptors (Lipinski definition) is 2. The summed E-state index contributed by atoms with van der Waals surface area (Å²) in [7, 11) is -3.14. The summed E-state index contributed by atoms with van der Waals surface area (Å²) in [5.41, 5.74) is 0.685. The van der Waals surface area contributed by atoms with E-state index in [4.69, 9.17) is 8.84 Å². The first-order valence-corrected chi connectivity index (χ1v) is 12.5. The Morgan fingerprint density at radius 2 is 1.94 bits per heavy atom. The molecular formula is C13H19FO2Si2. The SMILES string of the molecule is C[SiH](C)Oc1cc2ccoc2c([Si](C)(C)C)c1F. The Morgan fingerprint density at radius 3 is 2.50 bits per heavy atom. The molecule has 2 aromatic rings. The summed E-state index contributed by atoms with van der Waals surface area (Å²) >= 11 is 0. The highest BCUT2D eigenvalue weighted by Crippen LogP contribution is 2.27. The Labute approximate surface area is 109 Å². The third-order valence-corrected chi connectivity index (χ3v) is 5.43. The van der Waals surface area contributed by atoms with Gasteiger partial charge >= 0.3 is 0 Å². The Kier molecular flexibility index (Phi) is 3.38. The number of benzene rings is 1. The fourth-order valence-electron chi connectivity index (χ4n) is 2.07. The summed E-state index contributed by atoms with van der Waals surface area (Å²) in [5.74, 6) is 0.167. The summed E-state index contributed by atoms with van der Waals surface area (Å²) in [6, 6.07) is 3.62. The Balaban J connectivity index is 2.72. The number of hydrogen-bond donors (Lipinski definition) is 0. The quantitative estimate of drug-likeness (QED) is 0.804. The maximum Gasteiger partial charge on any atom is 0.229 e. The van der Waals surface area contributed by atoms with Gasteiger partial charge in [0.1, 0.15) is 11.3 Å². The first kappa shape index (κ1) is 13.4. The van der Waals surface area contributed by atoms with Crippen LogP contribution in [0.3, 0.4) is 0 Å². The lowest BCUT2D eigenvalue weighted by Crippen LogP contribution is -2.40. The second-order valence-corrected chi connectivity index (χ2v) is 13.2. The molecule has 0 saturated carbocycles. The van der Waals surface area contributed by atoms with Crippen molar-refractivity contribution in [3.8, 4) is 5.75 Å². The predicted octanol–water partition coefficient (Wildman–Crippen LogP) is 3.48. The van der Waals surface area contributed by atoms with Gasteiger partial charge in [-0.15, -0.1) is 0 Å². The third-order valence-electron chi connectivity index (χ3n) is 2.76. The molecule has 0 N–H and O–H groups in total. The number of rotatable bonds is 3. The molecule has 98 valence electrons. The minimum atomic E-state index is -1.82. The molecule has 0 saturated heterocycles. The van der Waals surface area contributed by atoms with Crippen LogP contribution in [0.2, 0.25) is 32.7 Å². The highest BCUT2D eigenvalue weighted by atomic mass is 28.3. The van der Waals surface area contributed by atoms with E-state index in [0.29, 0.717) is 11.3 Å². The summed E-state index contributed by atoms with van der Waals surface area (Å²) in [6.45, 7) is 10.4. The summed E-state index contributed by atoms with van der Waals surface area (Å²) < 4.78 is 25.8. The van der Waals surface area contributed by atoms with E-state index in [-0.39, 0.29) is 5.82 Å². The lowest BCUT2D eigenvalue weighted by molar-refractivity contribution is 0.512. The highest BCUT2D eigenvalue weighted by Gasteiger charge is 2.28. The van der Waals surface area contributed by atoms with Crippen LogP contribution in [0.5, 0.6) is 5.75 Å². The van der Waals surface area contributed by atoms with E-state index in [0.717, 1.165) is 10.6 Å². The van der Waals surface area contributed by atoms with Crippen LogP contribution in [0.15, 0.2) is 22.8 Å². The van der Waals surface area contributed by atoms with Gasteiger partial charge in [0.15, 0.2) is 5.82 Å². The molecule has 18 heavy (non-hydrogen) atoms. The maximum absolute atomic E-state index is 14.6. The molecule has 0 amide bonds.